The second-order valence-electron chi connectivity index (χ2n) is 6.59. The van der Waals surface area contributed by atoms with Crippen molar-refractivity contribution in [3.63, 3.8) is 0 Å². The Morgan fingerprint density at radius 2 is 1.79 bits per heavy atom. The molecule has 0 aliphatic carbocycles. The molecule has 0 spiro atoms. The predicted octanol–water partition coefficient (Wildman–Crippen LogP) is 2.90. The fourth-order valence-corrected chi connectivity index (χ4v) is 3.38. The van der Waals surface area contributed by atoms with Gasteiger partial charge in [0.25, 0.3) is 0 Å². The fraction of sp³-hybridized carbons (Fsp3) is 0.286. The Labute approximate surface area is 169 Å². The van der Waals surface area contributed by atoms with Gasteiger partial charge in [-0.3, -0.25) is 0 Å². The largest absolute Gasteiger partial charge is 0.435 e. The van der Waals surface area contributed by atoms with Crippen molar-refractivity contribution in [2.75, 3.05) is 38.0 Å². The third-order valence-electron chi connectivity index (χ3n) is 4.60. The zero-order chi connectivity index (χ0) is 19.8. The molecule has 0 aromatic heterocycles. The number of anilines is 1. The number of halogens is 2. The van der Waals surface area contributed by atoms with Crippen LogP contribution in [-0.4, -0.2) is 49.3 Å². The highest BCUT2D eigenvalue weighted by Crippen LogP contribution is 2.18. The van der Waals surface area contributed by atoms with Gasteiger partial charge in [-0.2, -0.15) is 8.78 Å². The first-order chi connectivity index (χ1) is 13.6. The summed E-state index contributed by atoms with van der Waals surface area (Å²) >= 11 is 5.49. The number of nitrogens with zero attached hydrogens (tertiary/aromatic N) is 1. The zero-order valence-corrected chi connectivity index (χ0v) is 16.3. The van der Waals surface area contributed by atoms with Crippen molar-refractivity contribution in [1.29, 1.82) is 0 Å². The summed E-state index contributed by atoms with van der Waals surface area (Å²) in [5.41, 5.74) is 1.98. The van der Waals surface area contributed by atoms with Crippen molar-refractivity contribution < 1.29 is 18.4 Å². The lowest BCUT2D eigenvalue weighted by Crippen LogP contribution is -3.14. The number of quaternary nitrogens is 1. The topological polar surface area (TPSA) is 28.9 Å². The summed E-state index contributed by atoms with van der Waals surface area (Å²) in [7, 11) is 0. The summed E-state index contributed by atoms with van der Waals surface area (Å²) in [5.74, 6) is 0.132. The number of thiocarbonyl (C=S) groups is 1. The van der Waals surface area contributed by atoms with E-state index in [0.717, 1.165) is 38.4 Å². The highest BCUT2D eigenvalue weighted by Gasteiger charge is 2.20. The van der Waals surface area contributed by atoms with E-state index in [4.69, 9.17) is 12.2 Å². The maximum atomic E-state index is 12.2. The van der Waals surface area contributed by atoms with E-state index in [2.05, 4.69) is 39.2 Å². The van der Waals surface area contributed by atoms with E-state index < -0.39 is 6.61 Å². The molecule has 1 fully saturated rings. The first-order valence-corrected chi connectivity index (χ1v) is 9.67. The van der Waals surface area contributed by atoms with Gasteiger partial charge in [-0.15, -0.1) is 0 Å². The molecule has 28 heavy (non-hydrogen) atoms. The lowest BCUT2D eigenvalue weighted by molar-refractivity contribution is -0.897. The van der Waals surface area contributed by atoms with Gasteiger partial charge in [-0.25, -0.2) is 0 Å². The molecule has 1 aliphatic heterocycles. The number of nitrogens with one attached hydrogen (secondary N) is 2. The minimum absolute atomic E-state index is 0.132. The Balaban J connectivity index is 1.41. The van der Waals surface area contributed by atoms with E-state index in [0.29, 0.717) is 5.11 Å². The molecule has 0 saturated carbocycles. The average molecular weight is 405 g/mol. The molecule has 1 saturated heterocycles. The van der Waals surface area contributed by atoms with Crippen molar-refractivity contribution in [3.05, 3.63) is 66.2 Å². The first kappa shape index (κ1) is 20.2. The molecule has 1 aliphatic rings. The van der Waals surface area contributed by atoms with Crippen molar-refractivity contribution in [1.82, 2.24) is 4.90 Å². The number of hydrogen-bond donors (Lipinski definition) is 2. The normalized spacial score (nSPS) is 15.2. The van der Waals surface area contributed by atoms with Gasteiger partial charge in [0.1, 0.15) is 5.75 Å². The van der Waals surface area contributed by atoms with Crippen LogP contribution in [0.2, 0.25) is 0 Å². The molecule has 2 aromatic rings. The van der Waals surface area contributed by atoms with Gasteiger partial charge < -0.3 is 19.9 Å². The summed E-state index contributed by atoms with van der Waals surface area (Å²) in [6.07, 6.45) is 4.38. The standard InChI is InChI=1S/C21H23F2N3OS/c22-20(23)27-19-10-8-18(9-11-19)24-21(28)26-15-13-25(14-16-26)12-4-7-17-5-2-1-3-6-17/h1-11,20H,12-16H2,(H,24,28)/p+1/b7-4+. The Morgan fingerprint density at radius 3 is 2.43 bits per heavy atom. The fourth-order valence-electron chi connectivity index (χ4n) is 3.08. The van der Waals surface area contributed by atoms with Crippen LogP contribution in [0, 0.1) is 0 Å². The molecule has 0 unspecified atom stereocenters. The third-order valence-corrected chi connectivity index (χ3v) is 4.97. The molecule has 148 valence electrons. The van der Waals surface area contributed by atoms with E-state index in [1.807, 2.05) is 18.2 Å². The van der Waals surface area contributed by atoms with Gasteiger partial charge >= 0.3 is 6.61 Å². The Morgan fingerprint density at radius 1 is 1.11 bits per heavy atom. The summed E-state index contributed by atoms with van der Waals surface area (Å²) < 4.78 is 28.7. The van der Waals surface area contributed by atoms with Crippen LogP contribution in [-0.2, 0) is 0 Å². The third kappa shape index (κ3) is 6.28. The van der Waals surface area contributed by atoms with Gasteiger partial charge in [0, 0.05) is 5.69 Å². The van der Waals surface area contributed by atoms with Crippen molar-refractivity contribution in [2.45, 2.75) is 6.61 Å². The van der Waals surface area contributed by atoms with Gasteiger partial charge in [-0.1, -0.05) is 36.4 Å². The highest BCUT2D eigenvalue weighted by atomic mass is 32.1. The van der Waals surface area contributed by atoms with Crippen molar-refractivity contribution >= 4 is 29.1 Å². The van der Waals surface area contributed by atoms with Crippen molar-refractivity contribution in [2.24, 2.45) is 0 Å². The van der Waals surface area contributed by atoms with E-state index in [-0.39, 0.29) is 5.75 Å². The Hall–Kier alpha value is -2.51. The second kappa shape index (κ2) is 10.1. The molecule has 3 rings (SSSR count). The van der Waals surface area contributed by atoms with Gasteiger partial charge in [0.2, 0.25) is 0 Å². The molecule has 0 atom stereocenters. The van der Waals surface area contributed by atoms with E-state index in [1.54, 1.807) is 12.1 Å². The van der Waals surface area contributed by atoms with Gasteiger partial charge in [0.15, 0.2) is 5.11 Å². The van der Waals surface area contributed by atoms with E-state index in [1.165, 1.54) is 22.6 Å². The maximum Gasteiger partial charge on any atom is 0.387 e. The molecular weight excluding hydrogens is 380 g/mol. The number of alkyl halides is 2. The Bertz CT molecular complexity index is 776. The van der Waals surface area contributed by atoms with Gasteiger partial charge in [0.05, 0.1) is 32.7 Å². The number of rotatable bonds is 6. The van der Waals surface area contributed by atoms with E-state index >= 15 is 0 Å². The summed E-state index contributed by atoms with van der Waals surface area (Å²) in [6.45, 7) is 1.97. The molecule has 1 heterocycles. The van der Waals surface area contributed by atoms with Crippen LogP contribution in [0.1, 0.15) is 5.56 Å². The van der Waals surface area contributed by atoms with Crippen LogP contribution in [0.3, 0.4) is 0 Å². The first-order valence-electron chi connectivity index (χ1n) is 9.26. The quantitative estimate of drug-likeness (QED) is 0.725. The summed E-state index contributed by atoms with van der Waals surface area (Å²) in [5, 5.41) is 3.82. The molecule has 4 nitrogen and oxygen atoms in total. The van der Waals surface area contributed by atoms with Crippen LogP contribution in [0.5, 0.6) is 5.75 Å². The minimum atomic E-state index is -2.82. The van der Waals surface area contributed by atoms with Crippen molar-refractivity contribution in [3.8, 4) is 5.75 Å². The highest BCUT2D eigenvalue weighted by molar-refractivity contribution is 7.80. The molecule has 0 amide bonds. The molecule has 0 radical (unpaired) electrons. The predicted molar refractivity (Wildman–Crippen MR) is 112 cm³/mol. The van der Waals surface area contributed by atoms with Crippen LogP contribution < -0.4 is 15.0 Å². The molecule has 2 N–H and O–H groups in total. The lowest BCUT2D eigenvalue weighted by atomic mass is 10.2. The maximum absolute atomic E-state index is 12.2. The summed E-state index contributed by atoms with van der Waals surface area (Å²) in [6, 6.07) is 16.7. The Kier molecular flexibility index (Phi) is 7.33. The molecule has 0 bridgehead atoms. The number of piperazine rings is 1. The SMILES string of the molecule is FC(F)Oc1ccc(NC(=S)N2CC[NH+](C/C=C/c3ccccc3)CC2)cc1. The average Bonchev–Trinajstić information content (AvgIpc) is 2.70. The van der Waals surface area contributed by atoms with Crippen LogP contribution >= 0.6 is 12.2 Å². The lowest BCUT2D eigenvalue weighted by Gasteiger charge is -2.33. The number of hydrogen-bond acceptors (Lipinski definition) is 2. The number of benzene rings is 2. The minimum Gasteiger partial charge on any atom is -0.435 e. The zero-order valence-electron chi connectivity index (χ0n) is 15.5. The second-order valence-corrected chi connectivity index (χ2v) is 6.97. The van der Waals surface area contributed by atoms with Gasteiger partial charge in [-0.05, 0) is 48.1 Å². The monoisotopic (exact) mass is 404 g/mol. The van der Waals surface area contributed by atoms with E-state index in [9.17, 15) is 8.78 Å². The smallest absolute Gasteiger partial charge is 0.387 e. The molecule has 7 heteroatoms. The van der Waals surface area contributed by atoms with Crippen LogP contribution in [0.4, 0.5) is 14.5 Å². The number of ether oxygens (including phenoxy) is 1. The van der Waals surface area contributed by atoms with Crippen LogP contribution in [0.25, 0.3) is 6.08 Å². The summed E-state index contributed by atoms with van der Waals surface area (Å²) in [4.78, 5) is 3.67. The van der Waals surface area contributed by atoms with Crippen LogP contribution in [0.15, 0.2) is 60.7 Å². The molecule has 2 aromatic carbocycles. The molecular formula is C21H24F2N3OS+.